The Balaban J connectivity index is 1.79. The van der Waals surface area contributed by atoms with Crippen LogP contribution in [0.2, 0.25) is 0 Å². The molecule has 0 saturated carbocycles. The summed E-state index contributed by atoms with van der Waals surface area (Å²) in [7, 11) is 0. The fourth-order valence-electron chi connectivity index (χ4n) is 2.48. The number of aryl methyl sites for hydroxylation is 1. The molecule has 1 rings (SSSR count). The van der Waals surface area contributed by atoms with E-state index in [0.29, 0.717) is 0 Å². The van der Waals surface area contributed by atoms with Crippen LogP contribution in [0.5, 0.6) is 0 Å². The molecule has 0 aliphatic carbocycles. The molecule has 0 aromatic heterocycles. The molecule has 0 aliphatic rings. The molecule has 0 nitrogen and oxygen atoms in total. The molecule has 0 heterocycles. The van der Waals surface area contributed by atoms with Crippen LogP contribution in [0.4, 0.5) is 4.39 Å². The van der Waals surface area contributed by atoms with Crippen molar-refractivity contribution in [3.63, 3.8) is 0 Å². The predicted octanol–water partition coefficient (Wildman–Crippen LogP) is 6.10. The van der Waals surface area contributed by atoms with Crippen molar-refractivity contribution in [3.8, 4) is 0 Å². The first-order valence-electron chi connectivity index (χ1n) is 8.03. The lowest BCUT2D eigenvalue weighted by atomic mass is 10.0. The van der Waals surface area contributed by atoms with E-state index in [-0.39, 0.29) is 6.67 Å². The maximum absolute atomic E-state index is 11.9. The number of benzene rings is 1. The Labute approximate surface area is 118 Å². The van der Waals surface area contributed by atoms with E-state index in [1.54, 1.807) is 0 Å². The Bertz CT molecular complexity index is 281. The van der Waals surface area contributed by atoms with E-state index >= 15 is 0 Å². The van der Waals surface area contributed by atoms with Gasteiger partial charge >= 0.3 is 0 Å². The molecule has 0 N–H and O–H groups in total. The average Bonchev–Trinajstić information content (AvgIpc) is 2.46. The standard InChI is InChI=1S/C18H29F/c19-17-13-8-6-4-2-1-3-5-7-10-14-18-15-11-9-12-16-18/h9,11-12,15-16H,1-8,10,13-14,17H2. The van der Waals surface area contributed by atoms with Gasteiger partial charge in [0.1, 0.15) is 0 Å². The van der Waals surface area contributed by atoms with Crippen LogP contribution in [-0.4, -0.2) is 6.67 Å². The fraction of sp³-hybridized carbons (Fsp3) is 0.667. The highest BCUT2D eigenvalue weighted by Crippen LogP contribution is 2.12. The number of hydrogen-bond donors (Lipinski definition) is 0. The minimum Gasteiger partial charge on any atom is -0.251 e. The highest BCUT2D eigenvalue weighted by molar-refractivity contribution is 5.14. The van der Waals surface area contributed by atoms with Crippen LogP contribution in [0.25, 0.3) is 0 Å². The van der Waals surface area contributed by atoms with Gasteiger partial charge in [0.05, 0.1) is 6.67 Å². The van der Waals surface area contributed by atoms with Crippen LogP contribution in [0.3, 0.4) is 0 Å². The first kappa shape index (κ1) is 16.2. The summed E-state index contributed by atoms with van der Waals surface area (Å²) >= 11 is 0. The predicted molar refractivity (Wildman–Crippen MR) is 82.3 cm³/mol. The zero-order valence-electron chi connectivity index (χ0n) is 12.2. The number of alkyl halides is 1. The smallest absolute Gasteiger partial charge is 0.0894 e. The highest BCUT2D eigenvalue weighted by atomic mass is 19.1. The van der Waals surface area contributed by atoms with Crippen molar-refractivity contribution in [1.82, 2.24) is 0 Å². The lowest BCUT2D eigenvalue weighted by molar-refractivity contribution is 0.449. The third-order valence-corrected chi connectivity index (χ3v) is 3.69. The van der Waals surface area contributed by atoms with Gasteiger partial charge in [-0.25, -0.2) is 0 Å². The molecule has 0 fully saturated rings. The minimum absolute atomic E-state index is 0.137. The molecule has 1 heteroatoms. The molecule has 0 aliphatic heterocycles. The molecule has 0 spiro atoms. The van der Waals surface area contributed by atoms with Crippen LogP contribution >= 0.6 is 0 Å². The summed E-state index contributed by atoms with van der Waals surface area (Å²) in [6.45, 7) is -0.137. The third-order valence-electron chi connectivity index (χ3n) is 3.69. The van der Waals surface area contributed by atoms with Gasteiger partial charge in [-0.15, -0.1) is 0 Å². The number of halogens is 1. The lowest BCUT2D eigenvalue weighted by Crippen LogP contribution is -1.86. The molecule has 0 amide bonds. The van der Waals surface area contributed by atoms with Gasteiger partial charge in [-0.05, 0) is 24.8 Å². The van der Waals surface area contributed by atoms with Crippen molar-refractivity contribution in [2.45, 2.75) is 70.6 Å². The van der Waals surface area contributed by atoms with Crippen LogP contribution in [0, 0.1) is 0 Å². The summed E-state index contributed by atoms with van der Waals surface area (Å²) in [5.41, 5.74) is 1.47. The van der Waals surface area contributed by atoms with Crippen LogP contribution < -0.4 is 0 Å². The second kappa shape index (κ2) is 12.2. The van der Waals surface area contributed by atoms with Gasteiger partial charge in [0.2, 0.25) is 0 Å². The maximum atomic E-state index is 11.9. The highest BCUT2D eigenvalue weighted by Gasteiger charge is 1.94. The summed E-state index contributed by atoms with van der Waals surface area (Å²) in [4.78, 5) is 0. The first-order chi connectivity index (χ1) is 9.43. The molecule has 0 radical (unpaired) electrons. The van der Waals surface area contributed by atoms with Crippen LogP contribution in [0.1, 0.15) is 69.8 Å². The van der Waals surface area contributed by atoms with Crippen molar-refractivity contribution in [3.05, 3.63) is 35.9 Å². The van der Waals surface area contributed by atoms with Gasteiger partial charge in [-0.1, -0.05) is 81.7 Å². The van der Waals surface area contributed by atoms with E-state index in [2.05, 4.69) is 30.3 Å². The molecule has 1 aromatic rings. The number of rotatable bonds is 12. The van der Waals surface area contributed by atoms with Crippen molar-refractivity contribution in [1.29, 1.82) is 0 Å². The van der Waals surface area contributed by atoms with Gasteiger partial charge in [-0.2, -0.15) is 0 Å². The molecule has 0 bridgehead atoms. The number of unbranched alkanes of at least 4 members (excludes halogenated alkanes) is 9. The lowest BCUT2D eigenvalue weighted by Gasteiger charge is -2.03. The van der Waals surface area contributed by atoms with Gasteiger partial charge < -0.3 is 0 Å². The summed E-state index contributed by atoms with van der Waals surface area (Å²) in [6, 6.07) is 10.8. The van der Waals surface area contributed by atoms with Crippen LogP contribution in [0.15, 0.2) is 30.3 Å². The average molecular weight is 264 g/mol. The summed E-state index contributed by atoms with van der Waals surface area (Å²) < 4.78 is 11.9. The molecule has 1 aromatic carbocycles. The monoisotopic (exact) mass is 264 g/mol. The van der Waals surface area contributed by atoms with E-state index in [1.165, 1.54) is 63.4 Å². The zero-order valence-corrected chi connectivity index (χ0v) is 12.2. The normalized spacial score (nSPS) is 10.8. The van der Waals surface area contributed by atoms with Gasteiger partial charge in [0, 0.05) is 0 Å². The molecule has 0 atom stereocenters. The van der Waals surface area contributed by atoms with E-state index < -0.39 is 0 Å². The van der Waals surface area contributed by atoms with Crippen molar-refractivity contribution < 1.29 is 4.39 Å². The quantitative estimate of drug-likeness (QED) is 0.400. The van der Waals surface area contributed by atoms with Crippen molar-refractivity contribution in [2.75, 3.05) is 6.67 Å². The van der Waals surface area contributed by atoms with Crippen molar-refractivity contribution >= 4 is 0 Å². The van der Waals surface area contributed by atoms with E-state index in [4.69, 9.17) is 0 Å². The Hall–Kier alpha value is -0.850. The van der Waals surface area contributed by atoms with Crippen molar-refractivity contribution in [2.24, 2.45) is 0 Å². The van der Waals surface area contributed by atoms with E-state index in [9.17, 15) is 4.39 Å². The first-order valence-corrected chi connectivity index (χ1v) is 8.03. The Morgan fingerprint density at radius 1 is 0.579 bits per heavy atom. The van der Waals surface area contributed by atoms with Gasteiger partial charge in [-0.3, -0.25) is 4.39 Å². The maximum Gasteiger partial charge on any atom is 0.0894 e. The molecule has 0 saturated heterocycles. The molecular formula is C18H29F. The SMILES string of the molecule is FCCCCCCCCCCCCc1ccccc1. The minimum atomic E-state index is -0.137. The zero-order chi connectivity index (χ0) is 13.6. The topological polar surface area (TPSA) is 0 Å². The second-order valence-electron chi connectivity index (χ2n) is 5.46. The summed E-state index contributed by atoms with van der Waals surface area (Å²) in [6.07, 6.45) is 13.7. The van der Waals surface area contributed by atoms with Gasteiger partial charge in [0.15, 0.2) is 0 Å². The molecule has 108 valence electrons. The molecule has 0 unspecified atom stereocenters. The second-order valence-corrected chi connectivity index (χ2v) is 5.46. The number of hydrogen-bond acceptors (Lipinski definition) is 0. The Morgan fingerprint density at radius 2 is 1.05 bits per heavy atom. The Morgan fingerprint density at radius 3 is 1.58 bits per heavy atom. The summed E-state index contributed by atoms with van der Waals surface area (Å²) in [5.74, 6) is 0. The molecule has 19 heavy (non-hydrogen) atoms. The third kappa shape index (κ3) is 9.69. The largest absolute Gasteiger partial charge is 0.251 e. The van der Waals surface area contributed by atoms with E-state index in [1.807, 2.05) is 0 Å². The molecular weight excluding hydrogens is 235 g/mol. The summed E-state index contributed by atoms with van der Waals surface area (Å²) in [5, 5.41) is 0. The van der Waals surface area contributed by atoms with E-state index in [0.717, 1.165) is 12.8 Å². The Kier molecular flexibility index (Phi) is 10.4. The van der Waals surface area contributed by atoms with Gasteiger partial charge in [0.25, 0.3) is 0 Å². The van der Waals surface area contributed by atoms with Crippen LogP contribution in [-0.2, 0) is 6.42 Å². The fourth-order valence-corrected chi connectivity index (χ4v) is 2.48.